The van der Waals surface area contributed by atoms with Gasteiger partial charge in [-0.1, -0.05) is 5.16 Å². The van der Waals surface area contributed by atoms with Crippen molar-refractivity contribution in [2.45, 2.75) is 26.2 Å². The molecule has 1 aliphatic rings. The van der Waals surface area contributed by atoms with E-state index in [1.807, 2.05) is 6.92 Å². The zero-order chi connectivity index (χ0) is 10.4. The highest BCUT2D eigenvalue weighted by molar-refractivity contribution is 7.16. The summed E-state index contributed by atoms with van der Waals surface area (Å²) in [5.41, 5.74) is 8.28. The monoisotopic (exact) mass is 221 g/mol. The number of hydrogen-bond acceptors (Lipinski definition) is 5. The molecule has 5 heteroatoms. The largest absolute Gasteiger partial charge is 0.390 e. The smallest absolute Gasteiger partial charge is 0.261 e. The Hall–Kier alpha value is -1.36. The molecule has 15 heavy (non-hydrogen) atoms. The van der Waals surface area contributed by atoms with Crippen LogP contribution in [-0.4, -0.2) is 10.1 Å². The van der Waals surface area contributed by atoms with Crippen LogP contribution in [0.1, 0.15) is 22.7 Å². The topological polar surface area (TPSA) is 64.9 Å². The number of fused-ring (bicyclic) bond motifs is 1. The molecule has 1 aliphatic carbocycles. The zero-order valence-electron chi connectivity index (χ0n) is 8.41. The number of nitrogens with zero attached hydrogens (tertiary/aromatic N) is 2. The van der Waals surface area contributed by atoms with Crippen LogP contribution in [0.5, 0.6) is 0 Å². The molecule has 4 nitrogen and oxygen atoms in total. The molecule has 0 amide bonds. The molecule has 0 saturated carbocycles. The molecule has 0 atom stereocenters. The standard InChI is InChI=1S/C10H11N3OS/c1-5-12-10(14-13-5)8-6-3-2-4-7(6)15-9(8)11/h2-4,11H2,1H3. The molecular weight excluding hydrogens is 210 g/mol. The van der Waals surface area contributed by atoms with Crippen LogP contribution >= 0.6 is 11.3 Å². The molecule has 0 aliphatic heterocycles. The summed E-state index contributed by atoms with van der Waals surface area (Å²) in [4.78, 5) is 5.63. The van der Waals surface area contributed by atoms with Crippen LogP contribution in [0.15, 0.2) is 4.52 Å². The van der Waals surface area contributed by atoms with Crippen molar-refractivity contribution in [3.8, 4) is 11.5 Å². The lowest BCUT2D eigenvalue weighted by molar-refractivity contribution is 0.425. The lowest BCUT2D eigenvalue weighted by atomic mass is 10.1. The van der Waals surface area contributed by atoms with Crippen LogP contribution in [-0.2, 0) is 12.8 Å². The van der Waals surface area contributed by atoms with Crippen LogP contribution < -0.4 is 5.73 Å². The third-order valence-electron chi connectivity index (χ3n) is 2.69. The van der Waals surface area contributed by atoms with Crippen LogP contribution in [0, 0.1) is 6.92 Å². The first-order valence-corrected chi connectivity index (χ1v) is 5.78. The number of rotatable bonds is 1. The van der Waals surface area contributed by atoms with E-state index in [0.717, 1.165) is 23.4 Å². The SMILES string of the molecule is Cc1noc(-c2c(N)sc3c2CCC3)n1. The third-order valence-corrected chi connectivity index (χ3v) is 3.81. The van der Waals surface area contributed by atoms with Gasteiger partial charge in [-0.25, -0.2) is 0 Å². The van der Waals surface area contributed by atoms with Crippen molar-refractivity contribution in [3.63, 3.8) is 0 Å². The van der Waals surface area contributed by atoms with Gasteiger partial charge in [-0.05, 0) is 31.7 Å². The predicted octanol–water partition coefficient (Wildman–Crippen LogP) is 2.18. The molecule has 2 aromatic heterocycles. The van der Waals surface area contributed by atoms with Crippen LogP contribution in [0.2, 0.25) is 0 Å². The van der Waals surface area contributed by atoms with Crippen LogP contribution in [0.3, 0.4) is 0 Å². The normalized spacial score (nSPS) is 14.5. The number of aryl methyl sites for hydroxylation is 2. The van der Waals surface area contributed by atoms with Crippen molar-refractivity contribution in [2.24, 2.45) is 0 Å². The molecule has 0 fully saturated rings. The van der Waals surface area contributed by atoms with Gasteiger partial charge in [0.2, 0.25) is 0 Å². The summed E-state index contributed by atoms with van der Waals surface area (Å²) < 4.78 is 5.18. The maximum atomic E-state index is 5.98. The van der Waals surface area contributed by atoms with E-state index < -0.39 is 0 Å². The van der Waals surface area contributed by atoms with Gasteiger partial charge >= 0.3 is 0 Å². The Bertz CT molecular complexity index is 515. The number of anilines is 1. The second-order valence-corrected chi connectivity index (χ2v) is 4.88. The summed E-state index contributed by atoms with van der Waals surface area (Å²) in [7, 11) is 0. The number of aromatic nitrogens is 2. The summed E-state index contributed by atoms with van der Waals surface area (Å²) in [6, 6.07) is 0. The fourth-order valence-electron chi connectivity index (χ4n) is 2.06. The number of nitrogens with two attached hydrogens (primary N) is 1. The van der Waals surface area contributed by atoms with E-state index >= 15 is 0 Å². The highest BCUT2D eigenvalue weighted by atomic mass is 32.1. The van der Waals surface area contributed by atoms with E-state index in [9.17, 15) is 0 Å². The summed E-state index contributed by atoms with van der Waals surface area (Å²) >= 11 is 1.66. The Labute approximate surface area is 91.1 Å². The van der Waals surface area contributed by atoms with Gasteiger partial charge < -0.3 is 10.3 Å². The first-order valence-electron chi connectivity index (χ1n) is 4.96. The fourth-order valence-corrected chi connectivity index (χ4v) is 3.21. The molecular formula is C10H11N3OS. The minimum Gasteiger partial charge on any atom is -0.390 e. The quantitative estimate of drug-likeness (QED) is 0.801. The summed E-state index contributed by atoms with van der Waals surface area (Å²) in [5, 5.41) is 4.61. The van der Waals surface area contributed by atoms with Crippen molar-refractivity contribution in [2.75, 3.05) is 5.73 Å². The van der Waals surface area contributed by atoms with E-state index in [-0.39, 0.29) is 0 Å². The molecule has 0 unspecified atom stereocenters. The first-order chi connectivity index (χ1) is 7.25. The highest BCUT2D eigenvalue weighted by Crippen LogP contribution is 2.42. The predicted molar refractivity (Wildman–Crippen MR) is 58.8 cm³/mol. The second kappa shape index (κ2) is 3.06. The van der Waals surface area contributed by atoms with Gasteiger partial charge in [0, 0.05) is 4.88 Å². The average molecular weight is 221 g/mol. The van der Waals surface area contributed by atoms with E-state index in [1.165, 1.54) is 16.9 Å². The fraction of sp³-hybridized carbons (Fsp3) is 0.400. The van der Waals surface area contributed by atoms with Crippen molar-refractivity contribution in [1.82, 2.24) is 10.1 Å². The van der Waals surface area contributed by atoms with Crippen molar-refractivity contribution in [1.29, 1.82) is 0 Å². The summed E-state index contributed by atoms with van der Waals surface area (Å²) in [6.07, 6.45) is 3.43. The molecule has 0 saturated heterocycles. The lowest BCUT2D eigenvalue weighted by Gasteiger charge is -1.95. The minimum absolute atomic E-state index is 0.574. The first kappa shape index (κ1) is 8.91. The van der Waals surface area contributed by atoms with E-state index in [4.69, 9.17) is 10.3 Å². The van der Waals surface area contributed by atoms with Gasteiger partial charge in [-0.2, -0.15) is 4.98 Å². The Morgan fingerprint density at radius 1 is 1.40 bits per heavy atom. The molecule has 0 radical (unpaired) electrons. The molecule has 2 aromatic rings. The maximum absolute atomic E-state index is 5.98. The number of nitrogen functional groups attached to an aromatic ring is 1. The Morgan fingerprint density at radius 3 is 3.00 bits per heavy atom. The minimum atomic E-state index is 0.574. The molecule has 2 N–H and O–H groups in total. The Balaban J connectivity index is 2.19. The second-order valence-electron chi connectivity index (χ2n) is 3.74. The van der Waals surface area contributed by atoms with Gasteiger partial charge in [-0.15, -0.1) is 11.3 Å². The molecule has 0 aromatic carbocycles. The lowest BCUT2D eigenvalue weighted by Crippen LogP contribution is -1.88. The van der Waals surface area contributed by atoms with E-state index in [1.54, 1.807) is 11.3 Å². The molecule has 2 heterocycles. The van der Waals surface area contributed by atoms with E-state index in [2.05, 4.69) is 10.1 Å². The van der Waals surface area contributed by atoms with Gasteiger partial charge in [0.25, 0.3) is 5.89 Å². The van der Waals surface area contributed by atoms with Crippen LogP contribution in [0.25, 0.3) is 11.5 Å². The maximum Gasteiger partial charge on any atom is 0.261 e. The third kappa shape index (κ3) is 1.26. The van der Waals surface area contributed by atoms with Crippen molar-refractivity contribution < 1.29 is 4.52 Å². The van der Waals surface area contributed by atoms with Crippen molar-refractivity contribution in [3.05, 3.63) is 16.3 Å². The molecule has 78 valence electrons. The van der Waals surface area contributed by atoms with Crippen molar-refractivity contribution >= 4 is 16.3 Å². The molecule has 0 bridgehead atoms. The Kier molecular flexibility index (Phi) is 1.82. The summed E-state index contributed by atoms with van der Waals surface area (Å²) in [6.45, 7) is 1.82. The van der Waals surface area contributed by atoms with Gasteiger partial charge in [-0.3, -0.25) is 0 Å². The van der Waals surface area contributed by atoms with Gasteiger partial charge in [0.1, 0.15) is 0 Å². The highest BCUT2D eigenvalue weighted by Gasteiger charge is 2.24. The number of thiophene rings is 1. The zero-order valence-corrected chi connectivity index (χ0v) is 9.23. The molecule has 3 rings (SSSR count). The van der Waals surface area contributed by atoms with Crippen LogP contribution in [0.4, 0.5) is 5.00 Å². The Morgan fingerprint density at radius 2 is 2.27 bits per heavy atom. The van der Waals surface area contributed by atoms with Gasteiger partial charge in [0.15, 0.2) is 5.82 Å². The van der Waals surface area contributed by atoms with Gasteiger partial charge in [0.05, 0.1) is 10.6 Å². The number of hydrogen-bond donors (Lipinski definition) is 1. The molecule has 0 spiro atoms. The summed E-state index contributed by atoms with van der Waals surface area (Å²) in [5.74, 6) is 1.23. The van der Waals surface area contributed by atoms with E-state index in [0.29, 0.717) is 11.7 Å². The average Bonchev–Trinajstić information content (AvgIpc) is 2.81.